The minimum absolute atomic E-state index is 0. The Morgan fingerprint density at radius 3 is 2.67 bits per heavy atom. The van der Waals surface area contributed by atoms with Gasteiger partial charge < -0.3 is 10.6 Å². The van der Waals surface area contributed by atoms with Gasteiger partial charge in [0.25, 0.3) is 0 Å². The average Bonchev–Trinajstić information content (AvgIpc) is 2.34. The van der Waals surface area contributed by atoms with Crippen LogP contribution in [-0.2, 0) is 10.2 Å². The average molecular weight is 315 g/mol. The van der Waals surface area contributed by atoms with Crippen molar-refractivity contribution in [1.29, 1.82) is 0 Å². The molecule has 0 spiro atoms. The summed E-state index contributed by atoms with van der Waals surface area (Å²) in [6.07, 6.45) is 0. The zero-order valence-electron chi connectivity index (χ0n) is 12.8. The number of rotatable bonds is 5. The van der Waals surface area contributed by atoms with E-state index < -0.39 is 0 Å². The third-order valence-electron chi connectivity index (χ3n) is 4.24. The number of nitrogens with one attached hydrogen (secondary N) is 2. The normalized spacial score (nSPS) is 16.6. The molecule has 3 nitrogen and oxygen atoms in total. The SMILES string of the molecule is CC(C(=O)NCC(C)(C)c1cccc(F)c1)C1CNC1.Cl. The maximum Gasteiger partial charge on any atom is 0.223 e. The molecule has 1 saturated heterocycles. The first-order valence-corrected chi connectivity index (χ1v) is 7.14. The van der Waals surface area contributed by atoms with E-state index in [2.05, 4.69) is 10.6 Å². The third-order valence-corrected chi connectivity index (χ3v) is 4.24. The van der Waals surface area contributed by atoms with Crippen LogP contribution in [0.25, 0.3) is 0 Å². The smallest absolute Gasteiger partial charge is 0.223 e. The van der Waals surface area contributed by atoms with Crippen LogP contribution in [0.1, 0.15) is 26.3 Å². The van der Waals surface area contributed by atoms with Crippen molar-refractivity contribution in [2.75, 3.05) is 19.6 Å². The number of hydrogen-bond donors (Lipinski definition) is 2. The fourth-order valence-corrected chi connectivity index (χ4v) is 2.36. The van der Waals surface area contributed by atoms with Crippen LogP contribution in [-0.4, -0.2) is 25.5 Å². The molecule has 2 rings (SSSR count). The molecule has 1 unspecified atom stereocenters. The molecule has 0 bridgehead atoms. The predicted octanol–water partition coefficient (Wildman–Crippen LogP) is 2.50. The van der Waals surface area contributed by atoms with E-state index in [1.807, 2.05) is 26.8 Å². The Morgan fingerprint density at radius 2 is 2.14 bits per heavy atom. The molecule has 1 aromatic rings. The van der Waals surface area contributed by atoms with Crippen LogP contribution in [0.15, 0.2) is 24.3 Å². The van der Waals surface area contributed by atoms with E-state index in [9.17, 15) is 9.18 Å². The lowest BCUT2D eigenvalue weighted by Crippen LogP contribution is -2.50. The molecule has 2 N–H and O–H groups in total. The highest BCUT2D eigenvalue weighted by atomic mass is 35.5. The maximum atomic E-state index is 13.3. The summed E-state index contributed by atoms with van der Waals surface area (Å²) < 4.78 is 13.3. The highest BCUT2D eigenvalue weighted by Crippen LogP contribution is 2.23. The minimum atomic E-state index is -0.282. The standard InChI is InChI=1S/C16H23FN2O.ClH/c1-11(12-8-18-9-12)15(20)19-10-16(2,3)13-5-4-6-14(17)7-13;/h4-7,11-12,18H,8-10H2,1-3H3,(H,19,20);1H. The molecule has 0 saturated carbocycles. The van der Waals surface area contributed by atoms with Crippen LogP contribution >= 0.6 is 12.4 Å². The minimum Gasteiger partial charge on any atom is -0.355 e. The first-order valence-electron chi connectivity index (χ1n) is 7.14. The maximum absolute atomic E-state index is 13.3. The molecule has 1 fully saturated rings. The van der Waals surface area contributed by atoms with Crippen LogP contribution in [0.4, 0.5) is 4.39 Å². The van der Waals surface area contributed by atoms with E-state index >= 15 is 0 Å². The molecule has 21 heavy (non-hydrogen) atoms. The second kappa shape index (κ2) is 7.23. The van der Waals surface area contributed by atoms with Crippen molar-refractivity contribution in [2.45, 2.75) is 26.2 Å². The molecule has 0 aliphatic carbocycles. The summed E-state index contributed by atoms with van der Waals surface area (Å²) in [4.78, 5) is 12.1. The van der Waals surface area contributed by atoms with Crippen molar-refractivity contribution in [3.05, 3.63) is 35.6 Å². The zero-order chi connectivity index (χ0) is 14.8. The van der Waals surface area contributed by atoms with E-state index in [0.717, 1.165) is 18.7 Å². The number of halogens is 2. The predicted molar refractivity (Wildman–Crippen MR) is 85.2 cm³/mol. The second-order valence-corrected chi connectivity index (χ2v) is 6.32. The van der Waals surface area contributed by atoms with Gasteiger partial charge >= 0.3 is 0 Å². The fourth-order valence-electron chi connectivity index (χ4n) is 2.36. The van der Waals surface area contributed by atoms with Gasteiger partial charge in [-0.1, -0.05) is 32.9 Å². The lowest BCUT2D eigenvalue weighted by atomic mass is 9.83. The van der Waals surface area contributed by atoms with Gasteiger partial charge in [-0.3, -0.25) is 4.79 Å². The van der Waals surface area contributed by atoms with Crippen molar-refractivity contribution < 1.29 is 9.18 Å². The summed E-state index contributed by atoms with van der Waals surface area (Å²) in [7, 11) is 0. The van der Waals surface area contributed by atoms with Crippen molar-refractivity contribution >= 4 is 18.3 Å². The van der Waals surface area contributed by atoms with Crippen LogP contribution in [0.2, 0.25) is 0 Å². The van der Waals surface area contributed by atoms with Crippen LogP contribution in [0.5, 0.6) is 0 Å². The number of amides is 1. The molecule has 1 aliphatic heterocycles. The van der Waals surface area contributed by atoms with Crippen molar-refractivity contribution in [3.63, 3.8) is 0 Å². The summed E-state index contributed by atoms with van der Waals surface area (Å²) in [6.45, 7) is 8.34. The van der Waals surface area contributed by atoms with Crippen molar-refractivity contribution in [3.8, 4) is 0 Å². The Labute approximate surface area is 132 Å². The van der Waals surface area contributed by atoms with Gasteiger partial charge in [-0.05, 0) is 36.7 Å². The Kier molecular flexibility index (Phi) is 6.17. The van der Waals surface area contributed by atoms with Gasteiger partial charge in [0.15, 0.2) is 0 Å². The first kappa shape index (κ1) is 17.9. The van der Waals surface area contributed by atoms with Crippen LogP contribution in [0.3, 0.4) is 0 Å². The Balaban J connectivity index is 0.00000220. The van der Waals surface area contributed by atoms with E-state index in [0.29, 0.717) is 12.5 Å². The molecule has 1 aromatic carbocycles. The third kappa shape index (κ3) is 4.42. The van der Waals surface area contributed by atoms with Crippen molar-refractivity contribution in [1.82, 2.24) is 10.6 Å². The highest BCUT2D eigenvalue weighted by Gasteiger charge is 2.30. The summed E-state index contributed by atoms with van der Waals surface area (Å²) in [5, 5.41) is 6.18. The van der Waals surface area contributed by atoms with Gasteiger partial charge in [0.05, 0.1) is 0 Å². The van der Waals surface area contributed by atoms with E-state index in [-0.39, 0.29) is 35.5 Å². The summed E-state index contributed by atoms with van der Waals surface area (Å²) in [5.41, 5.74) is 0.616. The lowest BCUT2D eigenvalue weighted by Gasteiger charge is -2.33. The number of benzene rings is 1. The quantitative estimate of drug-likeness (QED) is 0.877. The van der Waals surface area contributed by atoms with Gasteiger partial charge in [-0.15, -0.1) is 12.4 Å². The number of hydrogen-bond acceptors (Lipinski definition) is 2. The van der Waals surface area contributed by atoms with E-state index in [1.165, 1.54) is 12.1 Å². The Hall–Kier alpha value is -1.13. The molecule has 0 aromatic heterocycles. The number of carbonyl (C=O) groups excluding carboxylic acids is 1. The topological polar surface area (TPSA) is 41.1 Å². The van der Waals surface area contributed by atoms with Gasteiger partial charge in [-0.2, -0.15) is 0 Å². The fraction of sp³-hybridized carbons (Fsp3) is 0.562. The van der Waals surface area contributed by atoms with E-state index in [4.69, 9.17) is 0 Å². The molecule has 1 amide bonds. The Bertz CT molecular complexity index is 489. The second-order valence-electron chi connectivity index (χ2n) is 6.32. The summed E-state index contributed by atoms with van der Waals surface area (Å²) >= 11 is 0. The van der Waals surface area contributed by atoms with Crippen molar-refractivity contribution in [2.24, 2.45) is 11.8 Å². The summed E-state index contributed by atoms with van der Waals surface area (Å²) in [5.74, 6) is 0.309. The van der Waals surface area contributed by atoms with Gasteiger partial charge in [0.1, 0.15) is 5.82 Å². The Morgan fingerprint density at radius 1 is 1.48 bits per heavy atom. The molecule has 1 atom stereocenters. The van der Waals surface area contributed by atoms with E-state index in [1.54, 1.807) is 6.07 Å². The number of carbonyl (C=O) groups is 1. The van der Waals surface area contributed by atoms with Crippen LogP contribution < -0.4 is 10.6 Å². The molecule has 1 heterocycles. The summed E-state index contributed by atoms with van der Waals surface area (Å²) in [6, 6.07) is 6.57. The van der Waals surface area contributed by atoms with Gasteiger partial charge in [0, 0.05) is 17.9 Å². The molecular formula is C16H24ClFN2O. The lowest BCUT2D eigenvalue weighted by molar-refractivity contribution is -0.126. The molecule has 118 valence electrons. The zero-order valence-corrected chi connectivity index (χ0v) is 13.6. The molecule has 1 aliphatic rings. The monoisotopic (exact) mass is 314 g/mol. The van der Waals surface area contributed by atoms with Crippen LogP contribution in [0, 0.1) is 17.7 Å². The molecule has 0 radical (unpaired) electrons. The largest absolute Gasteiger partial charge is 0.355 e. The van der Waals surface area contributed by atoms with Gasteiger partial charge in [-0.25, -0.2) is 4.39 Å². The van der Waals surface area contributed by atoms with Gasteiger partial charge in [0.2, 0.25) is 5.91 Å². The molecule has 5 heteroatoms. The highest BCUT2D eigenvalue weighted by molar-refractivity contribution is 5.85. The molecular weight excluding hydrogens is 291 g/mol. The first-order chi connectivity index (χ1) is 9.40.